The third kappa shape index (κ3) is 5.55. The summed E-state index contributed by atoms with van der Waals surface area (Å²) < 4.78 is 0. The van der Waals surface area contributed by atoms with Crippen molar-refractivity contribution >= 4 is 98.9 Å². The maximum absolute atomic E-state index is 6.65. The Kier molecular flexibility index (Phi) is 8.24. The maximum atomic E-state index is 6.65. The van der Waals surface area contributed by atoms with Crippen LogP contribution in [0.4, 0.5) is 0 Å². The van der Waals surface area contributed by atoms with Gasteiger partial charge in [-0.1, -0.05) is 144 Å². The summed E-state index contributed by atoms with van der Waals surface area (Å²) in [6.45, 7) is 0. The molecular formula is C48H27B5. The van der Waals surface area contributed by atoms with E-state index in [4.69, 9.17) is 39.2 Å². The van der Waals surface area contributed by atoms with Gasteiger partial charge in [0.05, 0.1) is 0 Å². The Morgan fingerprint density at radius 1 is 0.245 bits per heavy atom. The van der Waals surface area contributed by atoms with Crippen LogP contribution in [0.1, 0.15) is 0 Å². The highest BCUT2D eigenvalue weighted by atomic mass is 14.2. The summed E-state index contributed by atoms with van der Waals surface area (Å²) in [4.78, 5) is 0. The summed E-state index contributed by atoms with van der Waals surface area (Å²) >= 11 is 0. The van der Waals surface area contributed by atoms with Crippen LogP contribution in [-0.4, -0.2) is 39.2 Å². The van der Waals surface area contributed by atoms with Gasteiger partial charge in [0.2, 0.25) is 0 Å². The zero-order valence-corrected chi connectivity index (χ0v) is 29.0. The molecule has 0 heterocycles. The van der Waals surface area contributed by atoms with Crippen molar-refractivity contribution < 1.29 is 0 Å². The topological polar surface area (TPSA) is 0 Å². The molecule has 0 aliphatic heterocycles. The van der Waals surface area contributed by atoms with Crippen molar-refractivity contribution in [2.45, 2.75) is 0 Å². The SMILES string of the molecule is [B]c1c([B])c([B])c(-c2cc(-c3c4ccccc4c(-c4cc(-c5ccccc5)cc(-c5ccccc5)c4)c4ccccc34)c3ccccc3c2)c([B])c1[B]. The van der Waals surface area contributed by atoms with Crippen LogP contribution in [0.25, 0.3) is 88.0 Å². The van der Waals surface area contributed by atoms with Gasteiger partial charge in [0.1, 0.15) is 39.2 Å². The van der Waals surface area contributed by atoms with E-state index in [0.29, 0.717) is 16.5 Å². The van der Waals surface area contributed by atoms with Gasteiger partial charge < -0.3 is 0 Å². The standard InChI is InChI=1S/C48H27B5/c49-44-42(45(50)47(52)48(53)46(44)51)34-23-30-17-7-8-18-35(30)40(27-34)43-38-21-11-9-19-36(38)41(37-20-10-12-22-39(37)43)33-25-31(28-13-3-1-4-14-28)24-32(26-33)29-15-5-2-6-16-29/h1-27H. The molecule has 0 saturated heterocycles. The molecule has 0 N–H and O–H groups in total. The molecule has 0 unspecified atom stereocenters. The van der Waals surface area contributed by atoms with Crippen molar-refractivity contribution in [3.05, 3.63) is 164 Å². The van der Waals surface area contributed by atoms with Gasteiger partial charge in [0.15, 0.2) is 0 Å². The van der Waals surface area contributed by atoms with E-state index in [0.717, 1.165) is 65.7 Å². The first kappa shape index (κ1) is 33.0. The molecule has 5 heteroatoms. The molecule has 0 nitrogen and oxygen atoms in total. The summed E-state index contributed by atoms with van der Waals surface area (Å²) in [6.07, 6.45) is 0. The second-order valence-electron chi connectivity index (χ2n) is 13.6. The van der Waals surface area contributed by atoms with Crippen molar-refractivity contribution in [3.8, 4) is 55.6 Å². The van der Waals surface area contributed by atoms with Crippen LogP contribution < -0.4 is 27.3 Å². The Hall–Kier alpha value is -5.92. The zero-order valence-electron chi connectivity index (χ0n) is 29.0. The fraction of sp³-hybridized carbons (Fsp3) is 0. The van der Waals surface area contributed by atoms with Crippen molar-refractivity contribution in [3.63, 3.8) is 0 Å². The summed E-state index contributed by atoms with van der Waals surface area (Å²) in [5.74, 6) is 0. The van der Waals surface area contributed by atoms with Gasteiger partial charge in [-0.3, -0.25) is 0 Å². The fourth-order valence-electron chi connectivity index (χ4n) is 7.92. The Morgan fingerprint density at radius 3 is 1.13 bits per heavy atom. The highest BCUT2D eigenvalue weighted by Crippen LogP contribution is 2.47. The van der Waals surface area contributed by atoms with Crippen LogP contribution in [0.5, 0.6) is 0 Å². The first-order valence-electron chi connectivity index (χ1n) is 17.6. The van der Waals surface area contributed by atoms with Gasteiger partial charge in [-0.25, -0.2) is 0 Å². The van der Waals surface area contributed by atoms with Crippen molar-refractivity contribution in [2.75, 3.05) is 0 Å². The zero-order chi connectivity index (χ0) is 36.2. The molecule has 0 fully saturated rings. The number of fused-ring (bicyclic) bond motifs is 3. The predicted octanol–water partition coefficient (Wildman–Crippen LogP) is 7.45. The number of hydrogen-bond acceptors (Lipinski definition) is 0. The lowest BCUT2D eigenvalue weighted by molar-refractivity contribution is 1.58. The molecule has 9 aromatic rings. The second-order valence-corrected chi connectivity index (χ2v) is 13.6. The molecule has 0 saturated carbocycles. The van der Waals surface area contributed by atoms with Crippen molar-refractivity contribution in [1.29, 1.82) is 0 Å². The van der Waals surface area contributed by atoms with Gasteiger partial charge in [-0.05, 0) is 118 Å². The maximum Gasteiger partial charge on any atom is 0.113 e. The second kappa shape index (κ2) is 13.2. The normalized spacial score (nSPS) is 11.4. The molecular weight excluding hydrogens is 631 g/mol. The van der Waals surface area contributed by atoms with E-state index in [2.05, 4.69) is 158 Å². The Balaban J connectivity index is 1.39. The molecule has 0 spiro atoms. The quantitative estimate of drug-likeness (QED) is 0.133. The van der Waals surface area contributed by atoms with E-state index in [1.165, 1.54) is 16.7 Å². The molecule has 0 aliphatic carbocycles. The van der Waals surface area contributed by atoms with E-state index >= 15 is 0 Å². The summed E-state index contributed by atoms with van der Waals surface area (Å²) in [7, 11) is 32.3. The van der Waals surface area contributed by atoms with Crippen molar-refractivity contribution in [1.82, 2.24) is 0 Å². The summed E-state index contributed by atoms with van der Waals surface area (Å²) in [6, 6.07) is 58.2. The molecule has 0 amide bonds. The van der Waals surface area contributed by atoms with E-state index in [-0.39, 0.29) is 16.4 Å². The number of benzene rings is 9. The Morgan fingerprint density at radius 2 is 0.623 bits per heavy atom. The number of hydrogen-bond donors (Lipinski definition) is 0. The van der Waals surface area contributed by atoms with Crippen LogP contribution in [0, 0.1) is 0 Å². The lowest BCUT2D eigenvalue weighted by atomic mass is 9.59. The summed E-state index contributed by atoms with van der Waals surface area (Å²) in [5.41, 5.74) is 11.8. The van der Waals surface area contributed by atoms with Crippen LogP contribution in [0.3, 0.4) is 0 Å². The lowest BCUT2D eigenvalue weighted by Crippen LogP contribution is -2.55. The van der Waals surface area contributed by atoms with Crippen LogP contribution >= 0.6 is 0 Å². The molecule has 0 aliphatic rings. The molecule has 9 rings (SSSR count). The van der Waals surface area contributed by atoms with Crippen molar-refractivity contribution in [2.24, 2.45) is 0 Å². The van der Waals surface area contributed by atoms with Crippen LogP contribution in [0.2, 0.25) is 0 Å². The predicted molar refractivity (Wildman–Crippen MR) is 233 cm³/mol. The minimum Gasteiger partial charge on any atom is -0.112 e. The molecule has 0 aromatic heterocycles. The van der Waals surface area contributed by atoms with E-state index < -0.39 is 0 Å². The largest absolute Gasteiger partial charge is 0.113 e. The van der Waals surface area contributed by atoms with Gasteiger partial charge in [0.25, 0.3) is 0 Å². The first-order chi connectivity index (χ1) is 25.9. The summed E-state index contributed by atoms with van der Waals surface area (Å²) in [5, 5.41) is 6.71. The van der Waals surface area contributed by atoms with Crippen LogP contribution in [-0.2, 0) is 0 Å². The lowest BCUT2D eigenvalue weighted by Gasteiger charge is -2.23. The highest BCUT2D eigenvalue weighted by Gasteiger charge is 2.21. The number of rotatable bonds is 5. The van der Waals surface area contributed by atoms with Gasteiger partial charge in [-0.2, -0.15) is 0 Å². The minimum atomic E-state index is 0.198. The molecule has 9 aromatic carbocycles. The molecule has 0 atom stereocenters. The Labute approximate surface area is 317 Å². The molecule has 0 bridgehead atoms. The van der Waals surface area contributed by atoms with E-state index in [1.54, 1.807) is 0 Å². The monoisotopic (exact) mass is 658 g/mol. The average Bonchev–Trinajstić information content (AvgIpc) is 3.21. The fourth-order valence-corrected chi connectivity index (χ4v) is 7.92. The minimum absolute atomic E-state index is 0.198. The first-order valence-corrected chi connectivity index (χ1v) is 17.6. The average molecular weight is 658 g/mol. The van der Waals surface area contributed by atoms with E-state index in [1.807, 2.05) is 6.07 Å². The smallest absolute Gasteiger partial charge is 0.112 e. The molecule has 234 valence electrons. The van der Waals surface area contributed by atoms with Gasteiger partial charge in [0, 0.05) is 0 Å². The van der Waals surface area contributed by atoms with Gasteiger partial charge >= 0.3 is 0 Å². The third-order valence-corrected chi connectivity index (χ3v) is 10.5. The third-order valence-electron chi connectivity index (χ3n) is 10.5. The molecule has 53 heavy (non-hydrogen) atoms. The van der Waals surface area contributed by atoms with Crippen LogP contribution in [0.15, 0.2) is 164 Å². The van der Waals surface area contributed by atoms with E-state index in [9.17, 15) is 0 Å². The Bertz CT molecular complexity index is 2740. The highest BCUT2D eigenvalue weighted by molar-refractivity contribution is 6.68. The van der Waals surface area contributed by atoms with Gasteiger partial charge in [-0.15, -0.1) is 16.4 Å². The molecule has 10 radical (unpaired) electrons.